The molecule has 4 nitrogen and oxygen atoms in total. The highest BCUT2D eigenvalue weighted by molar-refractivity contribution is 7.15. The van der Waals surface area contributed by atoms with E-state index >= 15 is 0 Å². The van der Waals surface area contributed by atoms with Crippen LogP contribution in [0.5, 0.6) is 0 Å². The maximum Gasteiger partial charge on any atom is 0.194 e. The lowest BCUT2D eigenvalue weighted by Crippen LogP contribution is -2.18. The SMILES string of the molecule is COCCNCC=Cc1c(C)nc2scc(C)n12. The third-order valence-corrected chi connectivity index (χ3v) is 3.72. The molecule has 0 saturated heterocycles. The first-order valence-electron chi connectivity index (χ1n) is 6.03. The van der Waals surface area contributed by atoms with Gasteiger partial charge in [-0.1, -0.05) is 6.08 Å². The van der Waals surface area contributed by atoms with Gasteiger partial charge < -0.3 is 10.1 Å². The second-order valence-electron chi connectivity index (χ2n) is 4.18. The molecule has 2 heterocycles. The van der Waals surface area contributed by atoms with Gasteiger partial charge in [0.1, 0.15) is 0 Å². The van der Waals surface area contributed by atoms with Gasteiger partial charge in [-0.15, -0.1) is 11.3 Å². The van der Waals surface area contributed by atoms with E-state index in [-0.39, 0.29) is 0 Å². The van der Waals surface area contributed by atoms with Gasteiger partial charge >= 0.3 is 0 Å². The van der Waals surface area contributed by atoms with E-state index in [0.717, 1.165) is 30.4 Å². The average Bonchev–Trinajstić information content (AvgIpc) is 2.85. The van der Waals surface area contributed by atoms with E-state index in [2.05, 4.69) is 46.1 Å². The maximum absolute atomic E-state index is 4.98. The van der Waals surface area contributed by atoms with E-state index < -0.39 is 0 Å². The molecular weight excluding hydrogens is 246 g/mol. The quantitative estimate of drug-likeness (QED) is 0.814. The molecule has 0 bridgehead atoms. The number of nitrogens with zero attached hydrogens (tertiary/aromatic N) is 2. The third kappa shape index (κ3) is 2.80. The first-order chi connectivity index (χ1) is 8.74. The van der Waals surface area contributed by atoms with E-state index in [4.69, 9.17) is 4.74 Å². The molecule has 0 aliphatic carbocycles. The van der Waals surface area contributed by atoms with E-state index in [9.17, 15) is 0 Å². The monoisotopic (exact) mass is 265 g/mol. The number of fused-ring (bicyclic) bond motifs is 1. The molecule has 2 aromatic heterocycles. The van der Waals surface area contributed by atoms with Gasteiger partial charge in [-0.2, -0.15) is 0 Å². The van der Waals surface area contributed by atoms with Crippen LogP contribution in [0.2, 0.25) is 0 Å². The summed E-state index contributed by atoms with van der Waals surface area (Å²) in [5, 5.41) is 5.42. The Bertz CT molecular complexity index is 542. The van der Waals surface area contributed by atoms with Crippen LogP contribution in [-0.4, -0.2) is 36.2 Å². The highest BCUT2D eigenvalue weighted by Crippen LogP contribution is 2.21. The standard InChI is InChI=1S/C13H19N3OS/c1-10-9-18-13-15-11(2)12(16(10)13)5-4-6-14-7-8-17-3/h4-5,9,14H,6-8H2,1-3H3. The number of methoxy groups -OCH3 is 1. The normalized spacial score (nSPS) is 11.9. The summed E-state index contributed by atoms with van der Waals surface area (Å²) < 4.78 is 7.18. The second kappa shape index (κ2) is 6.13. The van der Waals surface area contributed by atoms with Crippen LogP contribution in [0.4, 0.5) is 0 Å². The molecule has 0 aliphatic heterocycles. The Morgan fingerprint density at radius 3 is 3.11 bits per heavy atom. The van der Waals surface area contributed by atoms with Gasteiger partial charge in [-0.05, 0) is 19.9 Å². The summed E-state index contributed by atoms with van der Waals surface area (Å²) in [7, 11) is 1.71. The summed E-state index contributed by atoms with van der Waals surface area (Å²) >= 11 is 1.69. The van der Waals surface area contributed by atoms with Gasteiger partial charge in [0.05, 0.1) is 18.0 Å². The van der Waals surface area contributed by atoms with Crippen LogP contribution in [0.3, 0.4) is 0 Å². The fourth-order valence-electron chi connectivity index (χ4n) is 1.85. The van der Waals surface area contributed by atoms with Crippen molar-refractivity contribution in [2.24, 2.45) is 0 Å². The predicted molar refractivity (Wildman–Crippen MR) is 76.3 cm³/mol. The molecular formula is C13H19N3OS. The lowest BCUT2D eigenvalue weighted by Gasteiger charge is -2.00. The molecule has 0 atom stereocenters. The van der Waals surface area contributed by atoms with Crippen LogP contribution >= 0.6 is 11.3 Å². The molecule has 5 heteroatoms. The highest BCUT2D eigenvalue weighted by atomic mass is 32.1. The van der Waals surface area contributed by atoms with E-state index in [1.165, 1.54) is 11.4 Å². The van der Waals surface area contributed by atoms with Crippen LogP contribution in [0.15, 0.2) is 11.5 Å². The van der Waals surface area contributed by atoms with Crippen LogP contribution in [0.1, 0.15) is 17.1 Å². The minimum atomic E-state index is 0.743. The molecule has 2 rings (SSSR count). The Morgan fingerprint density at radius 1 is 1.50 bits per heavy atom. The maximum atomic E-state index is 4.98. The van der Waals surface area contributed by atoms with Gasteiger partial charge in [0, 0.05) is 31.3 Å². The summed E-state index contributed by atoms with van der Waals surface area (Å²) in [6.07, 6.45) is 4.26. The smallest absolute Gasteiger partial charge is 0.194 e. The molecule has 18 heavy (non-hydrogen) atoms. The predicted octanol–water partition coefficient (Wildman–Crippen LogP) is 2.26. The second-order valence-corrected chi connectivity index (χ2v) is 5.01. The van der Waals surface area contributed by atoms with Crippen molar-refractivity contribution in [2.45, 2.75) is 13.8 Å². The van der Waals surface area contributed by atoms with Crippen molar-refractivity contribution in [2.75, 3.05) is 26.8 Å². The minimum absolute atomic E-state index is 0.743. The number of thiazole rings is 1. The van der Waals surface area contributed by atoms with Crippen molar-refractivity contribution in [3.8, 4) is 0 Å². The Labute approximate surface area is 111 Å². The van der Waals surface area contributed by atoms with Crippen LogP contribution in [-0.2, 0) is 4.74 Å². The van der Waals surface area contributed by atoms with E-state index in [1.54, 1.807) is 18.4 Å². The number of nitrogens with one attached hydrogen (secondary N) is 1. The lowest BCUT2D eigenvalue weighted by molar-refractivity contribution is 0.200. The fraction of sp³-hybridized carbons (Fsp3) is 0.462. The Kier molecular flexibility index (Phi) is 4.52. The van der Waals surface area contributed by atoms with Gasteiger partial charge in [0.25, 0.3) is 0 Å². The Morgan fingerprint density at radius 2 is 2.33 bits per heavy atom. The zero-order chi connectivity index (χ0) is 13.0. The average molecular weight is 265 g/mol. The number of aryl methyl sites for hydroxylation is 2. The first-order valence-corrected chi connectivity index (χ1v) is 6.91. The molecule has 0 spiro atoms. The Balaban J connectivity index is 2.04. The highest BCUT2D eigenvalue weighted by Gasteiger charge is 2.08. The first kappa shape index (κ1) is 13.3. The van der Waals surface area contributed by atoms with Crippen molar-refractivity contribution in [1.29, 1.82) is 0 Å². The molecule has 2 aromatic rings. The summed E-state index contributed by atoms with van der Waals surface area (Å²) in [5.41, 5.74) is 3.50. The molecule has 1 N–H and O–H groups in total. The fourth-order valence-corrected chi connectivity index (χ4v) is 2.77. The van der Waals surface area contributed by atoms with Crippen molar-refractivity contribution < 1.29 is 4.74 Å². The van der Waals surface area contributed by atoms with Gasteiger partial charge in [0.2, 0.25) is 0 Å². The molecule has 0 aliphatic rings. The molecule has 0 unspecified atom stereocenters. The van der Waals surface area contributed by atoms with Crippen molar-refractivity contribution >= 4 is 22.4 Å². The zero-order valence-corrected chi connectivity index (χ0v) is 11.9. The van der Waals surface area contributed by atoms with Gasteiger partial charge in [-0.25, -0.2) is 4.98 Å². The number of rotatable bonds is 6. The summed E-state index contributed by atoms with van der Waals surface area (Å²) in [4.78, 5) is 5.62. The number of hydrogen-bond donors (Lipinski definition) is 1. The van der Waals surface area contributed by atoms with Crippen molar-refractivity contribution in [3.05, 3.63) is 28.5 Å². The minimum Gasteiger partial charge on any atom is -0.383 e. The van der Waals surface area contributed by atoms with Gasteiger partial charge in [-0.3, -0.25) is 4.40 Å². The largest absolute Gasteiger partial charge is 0.383 e. The molecule has 0 fully saturated rings. The third-order valence-electron chi connectivity index (χ3n) is 2.77. The number of aromatic nitrogens is 2. The lowest BCUT2D eigenvalue weighted by atomic mass is 10.3. The van der Waals surface area contributed by atoms with E-state index in [1.807, 2.05) is 0 Å². The van der Waals surface area contributed by atoms with Crippen LogP contribution in [0.25, 0.3) is 11.0 Å². The Hall–Kier alpha value is -1.17. The molecule has 98 valence electrons. The zero-order valence-electron chi connectivity index (χ0n) is 11.1. The summed E-state index contributed by atoms with van der Waals surface area (Å²) in [6, 6.07) is 0. The molecule has 0 radical (unpaired) electrons. The van der Waals surface area contributed by atoms with Crippen molar-refractivity contribution in [1.82, 2.24) is 14.7 Å². The topological polar surface area (TPSA) is 38.6 Å². The van der Waals surface area contributed by atoms with E-state index in [0.29, 0.717) is 0 Å². The van der Waals surface area contributed by atoms with Gasteiger partial charge in [0.15, 0.2) is 4.96 Å². The number of ether oxygens (including phenoxy) is 1. The van der Waals surface area contributed by atoms with Crippen LogP contribution in [0, 0.1) is 13.8 Å². The molecule has 0 aromatic carbocycles. The summed E-state index contributed by atoms with van der Waals surface area (Å²) in [6.45, 7) is 6.63. The van der Waals surface area contributed by atoms with Crippen molar-refractivity contribution in [3.63, 3.8) is 0 Å². The van der Waals surface area contributed by atoms with Crippen LogP contribution < -0.4 is 5.32 Å². The summed E-state index contributed by atoms with van der Waals surface area (Å²) in [5.74, 6) is 0. The number of imidazole rings is 1. The molecule has 0 saturated carbocycles. The molecule has 0 amide bonds. The number of hydrogen-bond acceptors (Lipinski definition) is 4.